The van der Waals surface area contributed by atoms with Gasteiger partial charge in [0.25, 0.3) is 0 Å². The van der Waals surface area contributed by atoms with E-state index in [0.29, 0.717) is 0 Å². The fourth-order valence-corrected chi connectivity index (χ4v) is 3.12. The first kappa shape index (κ1) is 13.3. The summed E-state index contributed by atoms with van der Waals surface area (Å²) in [4.78, 5) is 8.22. The van der Waals surface area contributed by atoms with Crippen LogP contribution in [0.25, 0.3) is 11.4 Å². The summed E-state index contributed by atoms with van der Waals surface area (Å²) in [5.41, 5.74) is 6.18. The van der Waals surface area contributed by atoms with Crippen molar-refractivity contribution < 1.29 is 0 Å². The Hall–Kier alpha value is -1.09. The second-order valence-electron chi connectivity index (χ2n) is 4.63. The average Bonchev–Trinajstić information content (AvgIpc) is 2.70. The Morgan fingerprint density at radius 3 is 2.17 bits per heavy atom. The van der Waals surface area contributed by atoms with E-state index >= 15 is 0 Å². The van der Waals surface area contributed by atoms with E-state index in [2.05, 4.69) is 60.7 Å². The van der Waals surface area contributed by atoms with Crippen LogP contribution in [-0.2, 0) is 12.8 Å². The zero-order valence-corrected chi connectivity index (χ0v) is 13.0. The van der Waals surface area contributed by atoms with Gasteiger partial charge in [0.05, 0.1) is 5.69 Å². The molecule has 18 heavy (non-hydrogen) atoms. The van der Waals surface area contributed by atoms with Crippen LogP contribution in [0.2, 0.25) is 0 Å². The van der Waals surface area contributed by atoms with Gasteiger partial charge in [-0.25, -0.2) is 4.98 Å². The Morgan fingerprint density at radius 1 is 1.11 bits per heavy atom. The van der Waals surface area contributed by atoms with Gasteiger partial charge in [0, 0.05) is 15.7 Å². The molecular formula is C15H19BrN2. The van der Waals surface area contributed by atoms with Crippen molar-refractivity contribution in [3.8, 4) is 11.4 Å². The van der Waals surface area contributed by atoms with E-state index in [1.165, 1.54) is 28.1 Å². The molecule has 0 spiro atoms. The van der Waals surface area contributed by atoms with Crippen molar-refractivity contribution in [1.29, 1.82) is 0 Å². The van der Waals surface area contributed by atoms with Gasteiger partial charge in [0.1, 0.15) is 5.82 Å². The number of nitrogens with zero attached hydrogens (tertiary/aromatic N) is 1. The number of rotatable bonds is 3. The Kier molecular flexibility index (Phi) is 3.91. The number of imidazole rings is 1. The molecule has 0 bridgehead atoms. The van der Waals surface area contributed by atoms with E-state index in [4.69, 9.17) is 4.98 Å². The second-order valence-corrected chi connectivity index (χ2v) is 5.55. The van der Waals surface area contributed by atoms with E-state index < -0.39 is 0 Å². The fourth-order valence-electron chi connectivity index (χ4n) is 2.43. The average molecular weight is 307 g/mol. The molecule has 2 rings (SSSR count). The molecule has 2 aromatic rings. The van der Waals surface area contributed by atoms with E-state index in [-0.39, 0.29) is 0 Å². The normalized spacial score (nSPS) is 10.9. The highest BCUT2D eigenvalue weighted by atomic mass is 79.9. The lowest BCUT2D eigenvalue weighted by molar-refractivity contribution is 0.979. The van der Waals surface area contributed by atoms with Crippen molar-refractivity contribution in [3.05, 3.63) is 39.1 Å². The lowest BCUT2D eigenvalue weighted by Crippen LogP contribution is -1.91. The highest BCUT2D eigenvalue weighted by Gasteiger charge is 2.13. The summed E-state index contributed by atoms with van der Waals surface area (Å²) in [6.45, 7) is 8.58. The van der Waals surface area contributed by atoms with Crippen LogP contribution in [0.1, 0.15) is 36.4 Å². The quantitative estimate of drug-likeness (QED) is 0.883. The Balaban J connectivity index is 2.58. The molecule has 3 heteroatoms. The first-order chi connectivity index (χ1) is 8.56. The van der Waals surface area contributed by atoms with Gasteiger partial charge in [-0.05, 0) is 49.9 Å². The van der Waals surface area contributed by atoms with Crippen LogP contribution < -0.4 is 0 Å². The molecule has 2 nitrogen and oxygen atoms in total. The summed E-state index contributed by atoms with van der Waals surface area (Å²) in [5.74, 6) is 1.01. The highest BCUT2D eigenvalue weighted by Crippen LogP contribution is 2.29. The number of aromatic nitrogens is 2. The van der Waals surface area contributed by atoms with E-state index in [9.17, 15) is 0 Å². The molecule has 1 N–H and O–H groups in total. The van der Waals surface area contributed by atoms with Crippen LogP contribution in [0, 0.1) is 13.8 Å². The Labute approximate surface area is 117 Å². The van der Waals surface area contributed by atoms with Crippen molar-refractivity contribution in [2.45, 2.75) is 40.5 Å². The van der Waals surface area contributed by atoms with E-state index in [0.717, 1.165) is 23.1 Å². The molecule has 1 aromatic heterocycles. The monoisotopic (exact) mass is 306 g/mol. The number of halogens is 1. The molecule has 0 amide bonds. The first-order valence-corrected chi connectivity index (χ1v) is 7.21. The predicted molar refractivity (Wildman–Crippen MR) is 80.0 cm³/mol. The van der Waals surface area contributed by atoms with Crippen molar-refractivity contribution >= 4 is 15.9 Å². The van der Waals surface area contributed by atoms with Crippen molar-refractivity contribution in [3.63, 3.8) is 0 Å². The van der Waals surface area contributed by atoms with Crippen LogP contribution >= 0.6 is 15.9 Å². The van der Waals surface area contributed by atoms with Gasteiger partial charge in [0.2, 0.25) is 0 Å². The summed E-state index contributed by atoms with van der Waals surface area (Å²) in [6, 6.07) is 4.28. The molecule has 0 saturated heterocycles. The third-order valence-electron chi connectivity index (χ3n) is 3.29. The van der Waals surface area contributed by atoms with E-state index in [1.54, 1.807) is 0 Å². The zero-order valence-electron chi connectivity index (χ0n) is 11.4. The predicted octanol–water partition coefficient (Wildman–Crippen LogP) is 4.58. The SMILES string of the molecule is CCc1nc(-c2c(C)cc(Br)cc2C)[nH]c1CC. The first-order valence-electron chi connectivity index (χ1n) is 6.41. The van der Waals surface area contributed by atoms with Crippen LogP contribution in [0.5, 0.6) is 0 Å². The Morgan fingerprint density at radius 2 is 1.72 bits per heavy atom. The lowest BCUT2D eigenvalue weighted by Gasteiger charge is -2.08. The lowest BCUT2D eigenvalue weighted by atomic mass is 10.0. The maximum atomic E-state index is 4.75. The molecule has 0 fully saturated rings. The van der Waals surface area contributed by atoms with Crippen LogP contribution in [0.4, 0.5) is 0 Å². The number of aryl methyl sites for hydroxylation is 4. The molecule has 0 aliphatic rings. The van der Waals surface area contributed by atoms with Gasteiger partial charge >= 0.3 is 0 Å². The molecular weight excluding hydrogens is 288 g/mol. The largest absolute Gasteiger partial charge is 0.342 e. The van der Waals surface area contributed by atoms with Crippen molar-refractivity contribution in [1.82, 2.24) is 9.97 Å². The van der Waals surface area contributed by atoms with Crippen molar-refractivity contribution in [2.24, 2.45) is 0 Å². The van der Waals surface area contributed by atoms with Gasteiger partial charge in [-0.1, -0.05) is 29.8 Å². The summed E-state index contributed by atoms with van der Waals surface area (Å²) in [6.07, 6.45) is 1.99. The fraction of sp³-hybridized carbons (Fsp3) is 0.400. The summed E-state index contributed by atoms with van der Waals surface area (Å²) < 4.78 is 1.12. The molecule has 0 radical (unpaired) electrons. The molecule has 0 aliphatic carbocycles. The molecule has 0 aliphatic heterocycles. The number of aromatic amines is 1. The minimum absolute atomic E-state index is 0.980. The van der Waals surface area contributed by atoms with Gasteiger partial charge in [0.15, 0.2) is 0 Å². The number of H-pyrrole nitrogens is 1. The molecule has 1 aromatic carbocycles. The third kappa shape index (κ3) is 2.37. The van der Waals surface area contributed by atoms with Crippen LogP contribution in [0.15, 0.2) is 16.6 Å². The zero-order chi connectivity index (χ0) is 13.3. The maximum Gasteiger partial charge on any atom is 0.138 e. The van der Waals surface area contributed by atoms with Gasteiger partial charge < -0.3 is 4.98 Å². The van der Waals surface area contributed by atoms with Crippen LogP contribution in [-0.4, -0.2) is 9.97 Å². The van der Waals surface area contributed by atoms with Crippen molar-refractivity contribution in [2.75, 3.05) is 0 Å². The Bertz CT molecular complexity index is 525. The summed E-state index contributed by atoms with van der Waals surface area (Å²) >= 11 is 3.54. The van der Waals surface area contributed by atoms with Crippen LogP contribution in [0.3, 0.4) is 0 Å². The van der Waals surface area contributed by atoms with E-state index in [1.807, 2.05) is 0 Å². The molecule has 0 unspecified atom stereocenters. The molecule has 0 atom stereocenters. The number of benzene rings is 1. The molecule has 0 saturated carbocycles. The summed E-state index contributed by atoms with van der Waals surface area (Å²) in [7, 11) is 0. The number of nitrogens with one attached hydrogen (secondary N) is 1. The number of hydrogen-bond acceptors (Lipinski definition) is 1. The summed E-state index contributed by atoms with van der Waals surface area (Å²) in [5, 5.41) is 0. The van der Waals surface area contributed by atoms with Gasteiger partial charge in [-0.3, -0.25) is 0 Å². The smallest absolute Gasteiger partial charge is 0.138 e. The highest BCUT2D eigenvalue weighted by molar-refractivity contribution is 9.10. The van der Waals surface area contributed by atoms with Gasteiger partial charge in [-0.15, -0.1) is 0 Å². The molecule has 96 valence electrons. The number of hydrogen-bond donors (Lipinski definition) is 1. The standard InChI is InChI=1S/C15H19BrN2/c1-5-12-13(6-2)18-15(17-12)14-9(3)7-11(16)8-10(14)4/h7-8H,5-6H2,1-4H3,(H,17,18). The van der Waals surface area contributed by atoms with Gasteiger partial charge in [-0.2, -0.15) is 0 Å². The second kappa shape index (κ2) is 5.27. The molecule has 1 heterocycles. The third-order valence-corrected chi connectivity index (χ3v) is 3.74. The minimum atomic E-state index is 0.980. The minimum Gasteiger partial charge on any atom is -0.342 e. The maximum absolute atomic E-state index is 4.75. The topological polar surface area (TPSA) is 28.7 Å².